The second-order valence-corrected chi connectivity index (χ2v) is 7.27. The Morgan fingerprint density at radius 3 is 2.42 bits per heavy atom. The number of allylic oxidation sites excluding steroid dienone is 1. The van der Waals surface area contributed by atoms with Crippen molar-refractivity contribution < 1.29 is 10.2 Å². The number of hydrogen-bond acceptors (Lipinski definition) is 3. The summed E-state index contributed by atoms with van der Waals surface area (Å²) in [5.74, 6) is 0.417. The summed E-state index contributed by atoms with van der Waals surface area (Å²) < 4.78 is 0. The Labute approximate surface area is 143 Å². The highest BCUT2D eigenvalue weighted by Gasteiger charge is 2.30. The molecule has 24 heavy (non-hydrogen) atoms. The summed E-state index contributed by atoms with van der Waals surface area (Å²) in [6.45, 7) is 10.5. The van der Waals surface area contributed by atoms with Crippen LogP contribution in [-0.4, -0.2) is 15.9 Å². The van der Waals surface area contributed by atoms with Crippen LogP contribution >= 0.6 is 0 Å². The van der Waals surface area contributed by atoms with Gasteiger partial charge in [-0.1, -0.05) is 45.0 Å². The number of benzene rings is 2. The van der Waals surface area contributed by atoms with E-state index in [1.807, 2.05) is 24.3 Å². The van der Waals surface area contributed by atoms with E-state index in [2.05, 4.69) is 27.4 Å². The Morgan fingerprint density at radius 2 is 1.79 bits per heavy atom. The molecule has 0 radical (unpaired) electrons. The fourth-order valence-corrected chi connectivity index (χ4v) is 3.32. The molecule has 2 aromatic carbocycles. The zero-order valence-corrected chi connectivity index (χ0v) is 14.4. The van der Waals surface area contributed by atoms with Gasteiger partial charge < -0.3 is 10.2 Å². The molecule has 1 heterocycles. The van der Waals surface area contributed by atoms with Crippen LogP contribution in [0.1, 0.15) is 49.8 Å². The van der Waals surface area contributed by atoms with Crippen LogP contribution in [0, 0.1) is 0 Å². The van der Waals surface area contributed by atoms with Gasteiger partial charge in [-0.2, -0.15) is 0 Å². The normalized spacial score (nSPS) is 17.1. The molecule has 1 aliphatic heterocycles. The zero-order valence-electron chi connectivity index (χ0n) is 14.4. The van der Waals surface area contributed by atoms with Crippen molar-refractivity contribution >= 4 is 11.4 Å². The maximum atomic E-state index is 10.4. The first-order chi connectivity index (χ1) is 11.3. The van der Waals surface area contributed by atoms with Crippen LogP contribution in [0.4, 0.5) is 5.69 Å². The Morgan fingerprint density at radius 1 is 1.08 bits per heavy atom. The first-order valence-corrected chi connectivity index (χ1v) is 8.17. The van der Waals surface area contributed by atoms with Gasteiger partial charge in [0.1, 0.15) is 17.2 Å². The van der Waals surface area contributed by atoms with Gasteiger partial charge in [-0.25, -0.2) is 4.99 Å². The third kappa shape index (κ3) is 2.71. The molecule has 0 amide bonds. The van der Waals surface area contributed by atoms with Crippen molar-refractivity contribution in [3.8, 4) is 11.5 Å². The molecular weight excluding hydrogens is 298 g/mol. The van der Waals surface area contributed by atoms with E-state index in [0.29, 0.717) is 17.7 Å². The van der Waals surface area contributed by atoms with Gasteiger partial charge in [0.05, 0.1) is 5.71 Å². The fraction of sp³-hybridized carbons (Fsp3) is 0.286. The highest BCUT2D eigenvalue weighted by atomic mass is 16.3. The predicted octanol–water partition coefficient (Wildman–Crippen LogP) is 5.19. The number of para-hydroxylation sites is 1. The smallest absolute Gasteiger partial charge is 0.141 e. The van der Waals surface area contributed by atoms with Gasteiger partial charge in [0.15, 0.2) is 0 Å². The average molecular weight is 321 g/mol. The van der Waals surface area contributed by atoms with Gasteiger partial charge in [0.2, 0.25) is 0 Å². The Kier molecular flexibility index (Phi) is 3.96. The summed E-state index contributed by atoms with van der Waals surface area (Å²) >= 11 is 0. The molecule has 0 aromatic heterocycles. The number of aromatic hydroxyl groups is 2. The number of phenolic OH excluding ortho intramolecular Hbond substituents is 2. The minimum atomic E-state index is -0.0546. The monoisotopic (exact) mass is 321 g/mol. The molecular formula is C21H23NO2. The van der Waals surface area contributed by atoms with Crippen LogP contribution in [0.15, 0.2) is 54.0 Å². The van der Waals surface area contributed by atoms with Crippen molar-refractivity contribution in [2.45, 2.75) is 38.5 Å². The van der Waals surface area contributed by atoms with Crippen LogP contribution in [-0.2, 0) is 5.41 Å². The fourth-order valence-electron chi connectivity index (χ4n) is 3.32. The predicted molar refractivity (Wildman–Crippen MR) is 98.7 cm³/mol. The van der Waals surface area contributed by atoms with Crippen molar-refractivity contribution in [3.05, 3.63) is 65.7 Å². The van der Waals surface area contributed by atoms with E-state index in [-0.39, 0.29) is 22.8 Å². The van der Waals surface area contributed by atoms with Crippen molar-refractivity contribution in [3.63, 3.8) is 0 Å². The summed E-state index contributed by atoms with van der Waals surface area (Å²) in [6, 6.07) is 10.9. The van der Waals surface area contributed by atoms with E-state index in [9.17, 15) is 10.2 Å². The highest BCUT2D eigenvalue weighted by molar-refractivity contribution is 6.06. The lowest BCUT2D eigenvalue weighted by atomic mass is 9.76. The molecule has 124 valence electrons. The lowest BCUT2D eigenvalue weighted by Gasteiger charge is -2.31. The molecule has 1 atom stereocenters. The highest BCUT2D eigenvalue weighted by Crippen LogP contribution is 2.47. The Bertz CT molecular complexity index is 828. The third-order valence-corrected chi connectivity index (χ3v) is 4.53. The maximum Gasteiger partial charge on any atom is 0.141 e. The number of phenols is 2. The molecule has 0 saturated heterocycles. The molecule has 1 aliphatic rings. The van der Waals surface area contributed by atoms with Crippen LogP contribution in [0.2, 0.25) is 0 Å². The molecule has 3 nitrogen and oxygen atoms in total. The van der Waals surface area contributed by atoms with Crippen LogP contribution in [0.3, 0.4) is 0 Å². The molecule has 0 fully saturated rings. The number of rotatable bonds is 2. The number of aliphatic imine (C=N–C) groups is 1. The maximum absolute atomic E-state index is 10.4. The van der Waals surface area contributed by atoms with Crippen molar-refractivity contribution in [1.82, 2.24) is 0 Å². The standard InChI is InChI=1S/C21H23NO2/c1-5-13-12-16(14-8-6-7-9-17(14)23)22-20-18(24)11-10-15(19(13)20)21(2,3)4/h5-11,13,23-24H,1,12H2,2-4H3. The van der Waals surface area contributed by atoms with E-state index < -0.39 is 0 Å². The first-order valence-electron chi connectivity index (χ1n) is 8.17. The number of fused-ring (bicyclic) bond motifs is 1. The Hall–Kier alpha value is -2.55. The van der Waals surface area contributed by atoms with Gasteiger partial charge in [-0.15, -0.1) is 6.58 Å². The SMILES string of the molecule is C=CC1CC(c2ccccc2O)=Nc2c(O)ccc(C(C)(C)C)c21. The summed E-state index contributed by atoms with van der Waals surface area (Å²) in [5, 5.41) is 20.5. The molecule has 0 bridgehead atoms. The van der Waals surface area contributed by atoms with E-state index in [1.54, 1.807) is 18.2 Å². The number of nitrogens with zero attached hydrogens (tertiary/aromatic N) is 1. The Balaban J connectivity index is 2.26. The third-order valence-electron chi connectivity index (χ3n) is 4.53. The van der Waals surface area contributed by atoms with Crippen molar-refractivity contribution in [2.24, 2.45) is 4.99 Å². The minimum absolute atomic E-state index is 0.0495. The van der Waals surface area contributed by atoms with Crippen molar-refractivity contribution in [1.29, 1.82) is 0 Å². The van der Waals surface area contributed by atoms with Gasteiger partial charge in [-0.05, 0) is 34.7 Å². The summed E-state index contributed by atoms with van der Waals surface area (Å²) in [4.78, 5) is 4.71. The quantitative estimate of drug-likeness (QED) is 0.748. The van der Waals surface area contributed by atoms with Crippen LogP contribution in [0.5, 0.6) is 11.5 Å². The molecule has 1 unspecified atom stereocenters. The zero-order chi connectivity index (χ0) is 17.5. The van der Waals surface area contributed by atoms with E-state index >= 15 is 0 Å². The van der Waals surface area contributed by atoms with Crippen molar-refractivity contribution in [2.75, 3.05) is 0 Å². The van der Waals surface area contributed by atoms with Gasteiger partial charge in [0, 0.05) is 17.9 Å². The summed E-state index contributed by atoms with van der Waals surface area (Å²) in [5.41, 5.74) is 4.22. The molecule has 0 spiro atoms. The molecule has 0 aliphatic carbocycles. The van der Waals surface area contributed by atoms with Gasteiger partial charge >= 0.3 is 0 Å². The van der Waals surface area contributed by atoms with Crippen LogP contribution in [0.25, 0.3) is 0 Å². The lowest BCUT2D eigenvalue weighted by molar-refractivity contribution is 0.471. The second-order valence-electron chi connectivity index (χ2n) is 7.27. The number of hydrogen-bond donors (Lipinski definition) is 2. The molecule has 2 aromatic rings. The van der Waals surface area contributed by atoms with E-state index in [1.165, 1.54) is 5.56 Å². The average Bonchev–Trinajstić information content (AvgIpc) is 2.54. The van der Waals surface area contributed by atoms with E-state index in [4.69, 9.17) is 4.99 Å². The van der Waals surface area contributed by atoms with Gasteiger partial charge in [-0.3, -0.25) is 0 Å². The summed E-state index contributed by atoms with van der Waals surface area (Å²) in [6.07, 6.45) is 2.56. The first kappa shape index (κ1) is 16.3. The minimum Gasteiger partial charge on any atom is -0.507 e. The topological polar surface area (TPSA) is 52.8 Å². The molecule has 0 saturated carbocycles. The lowest BCUT2D eigenvalue weighted by Crippen LogP contribution is -2.20. The van der Waals surface area contributed by atoms with Gasteiger partial charge in [0.25, 0.3) is 0 Å². The molecule has 3 rings (SSSR count). The molecule has 3 heteroatoms. The second kappa shape index (κ2) is 5.82. The largest absolute Gasteiger partial charge is 0.507 e. The van der Waals surface area contributed by atoms with E-state index in [0.717, 1.165) is 11.3 Å². The summed E-state index contributed by atoms with van der Waals surface area (Å²) in [7, 11) is 0. The molecule has 2 N–H and O–H groups in total. The van der Waals surface area contributed by atoms with Crippen LogP contribution < -0.4 is 0 Å².